The molecule has 0 bridgehead atoms. The van der Waals surface area contributed by atoms with E-state index in [4.69, 9.17) is 11.6 Å². The number of hydrogen-bond acceptors (Lipinski definition) is 3. The largest absolute Gasteiger partial charge is 0.356 e. The minimum atomic E-state index is -0.117. The van der Waals surface area contributed by atoms with Crippen LogP contribution in [0.4, 0.5) is 0 Å². The van der Waals surface area contributed by atoms with Crippen molar-refractivity contribution in [3.05, 3.63) is 41.2 Å². The van der Waals surface area contributed by atoms with Gasteiger partial charge in [0.05, 0.1) is 23.1 Å². The maximum absolute atomic E-state index is 12.2. The number of piperidine rings is 1. The van der Waals surface area contributed by atoms with Gasteiger partial charge in [0.1, 0.15) is 5.69 Å². The van der Waals surface area contributed by atoms with Crippen LogP contribution >= 0.6 is 11.6 Å². The van der Waals surface area contributed by atoms with Crippen molar-refractivity contribution in [3.63, 3.8) is 0 Å². The number of aromatic amines is 1. The third-order valence-corrected chi connectivity index (χ3v) is 4.80. The third-order valence-electron chi connectivity index (χ3n) is 4.58. The zero-order valence-corrected chi connectivity index (χ0v) is 14.2. The van der Waals surface area contributed by atoms with E-state index in [-0.39, 0.29) is 11.9 Å². The normalized spacial score (nSPS) is 22.2. The van der Waals surface area contributed by atoms with Gasteiger partial charge in [0.2, 0.25) is 0 Å². The Morgan fingerprint density at radius 2 is 2.35 bits per heavy atom. The Morgan fingerprint density at radius 3 is 3.00 bits per heavy atom. The first-order chi connectivity index (χ1) is 11.1. The highest BCUT2D eigenvalue weighted by atomic mass is 35.5. The van der Waals surface area contributed by atoms with E-state index in [0.717, 1.165) is 19.4 Å². The SMILES string of the molecule is CN1CCC[C@@H](CNC(=O)c2cc(Cl)c[nH]2)[C@@H]1c1cncn1C. The molecular formula is C16H22ClN5O. The highest BCUT2D eigenvalue weighted by molar-refractivity contribution is 6.30. The summed E-state index contributed by atoms with van der Waals surface area (Å²) in [6, 6.07) is 1.91. The summed E-state index contributed by atoms with van der Waals surface area (Å²) < 4.78 is 2.06. The molecule has 2 aromatic heterocycles. The van der Waals surface area contributed by atoms with Gasteiger partial charge in [-0.15, -0.1) is 0 Å². The van der Waals surface area contributed by atoms with Gasteiger partial charge in [0.25, 0.3) is 5.91 Å². The zero-order chi connectivity index (χ0) is 16.4. The van der Waals surface area contributed by atoms with E-state index in [0.29, 0.717) is 23.2 Å². The van der Waals surface area contributed by atoms with E-state index in [1.807, 2.05) is 19.6 Å². The number of aryl methyl sites for hydroxylation is 1. The van der Waals surface area contributed by atoms with Crippen molar-refractivity contribution in [2.75, 3.05) is 20.1 Å². The summed E-state index contributed by atoms with van der Waals surface area (Å²) in [6.45, 7) is 1.70. The second-order valence-electron chi connectivity index (χ2n) is 6.20. The van der Waals surface area contributed by atoms with Crippen molar-refractivity contribution in [3.8, 4) is 0 Å². The number of hydrogen-bond donors (Lipinski definition) is 2. The number of imidazole rings is 1. The molecule has 2 aromatic rings. The summed E-state index contributed by atoms with van der Waals surface area (Å²) in [5, 5.41) is 3.57. The molecule has 1 saturated heterocycles. The van der Waals surface area contributed by atoms with Crippen LogP contribution in [0.5, 0.6) is 0 Å². The van der Waals surface area contributed by atoms with Crippen molar-refractivity contribution in [2.24, 2.45) is 13.0 Å². The second kappa shape index (κ2) is 6.76. The molecule has 2 atom stereocenters. The van der Waals surface area contributed by atoms with Crippen molar-refractivity contribution in [1.29, 1.82) is 0 Å². The first kappa shape index (κ1) is 16.1. The van der Waals surface area contributed by atoms with Gasteiger partial charge >= 0.3 is 0 Å². The molecule has 0 radical (unpaired) electrons. The molecule has 1 amide bonds. The standard InChI is InChI=1S/C16H22ClN5O/c1-21-5-3-4-11(15(21)14-9-18-10-22(14)2)7-20-16(23)13-6-12(17)8-19-13/h6,8-11,15,19H,3-5,7H2,1-2H3,(H,20,23)/t11-,15+/m0/s1. The Morgan fingerprint density at radius 1 is 1.52 bits per heavy atom. The van der Waals surface area contributed by atoms with Crippen LogP contribution in [-0.2, 0) is 7.05 Å². The Kier molecular flexibility index (Phi) is 4.73. The number of aromatic nitrogens is 3. The number of halogens is 1. The Balaban J connectivity index is 1.69. The lowest BCUT2D eigenvalue weighted by Gasteiger charge is -2.39. The third kappa shape index (κ3) is 3.43. The van der Waals surface area contributed by atoms with E-state index in [1.165, 1.54) is 5.69 Å². The monoisotopic (exact) mass is 335 g/mol. The number of carbonyl (C=O) groups is 1. The topological polar surface area (TPSA) is 66.0 Å². The van der Waals surface area contributed by atoms with Gasteiger partial charge in [-0.25, -0.2) is 4.98 Å². The van der Waals surface area contributed by atoms with Crippen LogP contribution in [0.2, 0.25) is 5.02 Å². The minimum Gasteiger partial charge on any atom is -0.356 e. The average Bonchev–Trinajstić information content (AvgIpc) is 3.13. The van der Waals surface area contributed by atoms with Crippen molar-refractivity contribution in [2.45, 2.75) is 18.9 Å². The Bertz CT molecular complexity index is 680. The summed E-state index contributed by atoms with van der Waals surface area (Å²) in [7, 11) is 4.15. The molecule has 0 saturated carbocycles. The lowest BCUT2D eigenvalue weighted by Crippen LogP contribution is -2.42. The molecular weight excluding hydrogens is 314 g/mol. The quantitative estimate of drug-likeness (QED) is 0.900. The first-order valence-corrected chi connectivity index (χ1v) is 8.22. The number of rotatable bonds is 4. The molecule has 3 rings (SSSR count). The van der Waals surface area contributed by atoms with Gasteiger partial charge < -0.3 is 14.9 Å². The fourth-order valence-electron chi connectivity index (χ4n) is 3.41. The number of likely N-dealkylation sites (tertiary alicyclic amines) is 1. The zero-order valence-electron chi connectivity index (χ0n) is 13.4. The van der Waals surface area contributed by atoms with Crippen molar-refractivity contribution in [1.82, 2.24) is 24.8 Å². The molecule has 1 aliphatic heterocycles. The molecule has 6 nitrogen and oxygen atoms in total. The van der Waals surface area contributed by atoms with Gasteiger partial charge in [-0.2, -0.15) is 0 Å². The molecule has 0 unspecified atom stereocenters. The summed E-state index contributed by atoms with van der Waals surface area (Å²) in [6.07, 6.45) is 7.59. The van der Waals surface area contributed by atoms with E-state index >= 15 is 0 Å². The molecule has 2 N–H and O–H groups in total. The predicted octanol–water partition coefficient (Wildman–Crippen LogP) is 2.21. The maximum Gasteiger partial charge on any atom is 0.267 e. The van der Waals surface area contributed by atoms with Gasteiger partial charge in [0.15, 0.2) is 0 Å². The van der Waals surface area contributed by atoms with Gasteiger partial charge in [-0.3, -0.25) is 9.69 Å². The highest BCUT2D eigenvalue weighted by Crippen LogP contribution is 2.34. The minimum absolute atomic E-state index is 0.117. The maximum atomic E-state index is 12.2. The van der Waals surface area contributed by atoms with Crippen LogP contribution in [0.15, 0.2) is 24.8 Å². The van der Waals surface area contributed by atoms with Gasteiger partial charge in [-0.05, 0) is 38.4 Å². The molecule has 0 spiro atoms. The molecule has 0 aromatic carbocycles. The molecule has 3 heterocycles. The molecule has 0 aliphatic carbocycles. The van der Waals surface area contributed by atoms with Crippen molar-refractivity contribution >= 4 is 17.5 Å². The number of nitrogens with zero attached hydrogens (tertiary/aromatic N) is 3. The summed E-state index contributed by atoms with van der Waals surface area (Å²) in [5.41, 5.74) is 1.69. The fraction of sp³-hybridized carbons (Fsp3) is 0.500. The van der Waals surface area contributed by atoms with Crippen LogP contribution in [0.3, 0.4) is 0 Å². The Hall–Kier alpha value is -1.79. The van der Waals surface area contributed by atoms with Gasteiger partial charge in [0, 0.05) is 26.0 Å². The van der Waals surface area contributed by atoms with Crippen LogP contribution < -0.4 is 5.32 Å². The summed E-state index contributed by atoms with van der Waals surface area (Å²) in [4.78, 5) is 21.7. The number of H-pyrrole nitrogens is 1. The smallest absolute Gasteiger partial charge is 0.267 e. The molecule has 23 heavy (non-hydrogen) atoms. The van der Waals surface area contributed by atoms with Crippen LogP contribution in [-0.4, -0.2) is 45.5 Å². The fourth-order valence-corrected chi connectivity index (χ4v) is 3.57. The van der Waals surface area contributed by atoms with E-state index in [1.54, 1.807) is 12.3 Å². The molecule has 7 heteroatoms. The lowest BCUT2D eigenvalue weighted by atomic mass is 9.87. The summed E-state index contributed by atoms with van der Waals surface area (Å²) >= 11 is 5.85. The lowest BCUT2D eigenvalue weighted by molar-refractivity contribution is 0.0878. The van der Waals surface area contributed by atoms with E-state index in [9.17, 15) is 4.79 Å². The number of nitrogens with one attached hydrogen (secondary N) is 2. The molecule has 1 fully saturated rings. The highest BCUT2D eigenvalue weighted by Gasteiger charge is 2.32. The van der Waals surface area contributed by atoms with E-state index in [2.05, 4.69) is 31.8 Å². The van der Waals surface area contributed by atoms with Crippen LogP contribution in [0.25, 0.3) is 0 Å². The number of carbonyl (C=O) groups excluding carboxylic acids is 1. The molecule has 1 aliphatic rings. The Labute approximate surface area is 140 Å². The predicted molar refractivity (Wildman–Crippen MR) is 89.4 cm³/mol. The average molecular weight is 336 g/mol. The van der Waals surface area contributed by atoms with Crippen molar-refractivity contribution < 1.29 is 4.79 Å². The van der Waals surface area contributed by atoms with E-state index < -0.39 is 0 Å². The van der Waals surface area contributed by atoms with Crippen LogP contribution in [0.1, 0.15) is 35.1 Å². The first-order valence-electron chi connectivity index (χ1n) is 7.85. The van der Waals surface area contributed by atoms with Crippen LogP contribution in [0, 0.1) is 5.92 Å². The molecule has 124 valence electrons. The summed E-state index contributed by atoms with van der Waals surface area (Å²) in [5.74, 6) is 0.243. The number of amides is 1. The second-order valence-corrected chi connectivity index (χ2v) is 6.64. The van der Waals surface area contributed by atoms with Gasteiger partial charge in [-0.1, -0.05) is 11.6 Å².